The summed E-state index contributed by atoms with van der Waals surface area (Å²) in [4.78, 5) is 26.4. The highest BCUT2D eigenvalue weighted by molar-refractivity contribution is 7.90. The third kappa shape index (κ3) is 11.0. The molecule has 0 saturated heterocycles. The number of ether oxygens (including phenoxy) is 4. The SMILES string of the molecule is CCc1cc(C)ccc1S(=O)(=O)NC(=O)C(c1ccc2c(c1)OCO2)c1cn(C)c2cc(CO[Si](C)(C)C)ccc12.Cn1cc(C(C(=O)O)c2ccc3c(c2)OCO3)c2ccc(CO[Si](C)(C)C)cc21. The van der Waals surface area contributed by atoms with E-state index in [2.05, 4.69) is 56.1 Å². The molecule has 368 valence electrons. The average molecular weight is 1000 g/mol. The van der Waals surface area contributed by atoms with E-state index in [1.807, 2.05) is 79.8 Å². The zero-order valence-electron chi connectivity index (χ0n) is 41.3. The lowest BCUT2D eigenvalue weighted by molar-refractivity contribution is -0.137. The predicted octanol–water partition coefficient (Wildman–Crippen LogP) is 10.2. The van der Waals surface area contributed by atoms with Gasteiger partial charge in [0.2, 0.25) is 19.5 Å². The first kappa shape index (κ1) is 50.0. The number of hydrogen-bond acceptors (Lipinski definition) is 10. The molecule has 2 N–H and O–H groups in total. The number of rotatable bonds is 15. The Hall–Kier alpha value is -6.38. The van der Waals surface area contributed by atoms with Gasteiger partial charge < -0.3 is 42.0 Å². The van der Waals surface area contributed by atoms with Gasteiger partial charge >= 0.3 is 5.97 Å². The molecular formula is C53H61N3O11SSi2. The van der Waals surface area contributed by atoms with Crippen molar-refractivity contribution in [1.82, 2.24) is 13.9 Å². The topological polar surface area (TPSA) is 166 Å². The quantitative estimate of drug-likeness (QED) is 0.0939. The van der Waals surface area contributed by atoms with Gasteiger partial charge in [0.25, 0.3) is 10.0 Å². The summed E-state index contributed by atoms with van der Waals surface area (Å²) in [5.41, 5.74) is 8.35. The van der Waals surface area contributed by atoms with Gasteiger partial charge in [-0.15, -0.1) is 0 Å². The maximum absolute atomic E-state index is 14.0. The van der Waals surface area contributed by atoms with Crippen molar-refractivity contribution in [2.75, 3.05) is 13.6 Å². The lowest BCUT2D eigenvalue weighted by Crippen LogP contribution is -2.35. The molecular weight excluding hydrogens is 943 g/mol. The standard InChI is InChI=1S/C31H36N2O6SSi.C22H25NO5Si/c1-7-22-14-20(2)8-13-29(22)40(35,36)32-31(34)30(23-10-12-27-28(16-23)38-19-37-27)25-17-33(3)26-15-21(9-11-24(25)26)18-39-41(4,5)6;1-23-11-17(16-7-5-14(9-18(16)23)12-28-29(2,3)4)21(22(24)25)15-6-8-19-20(10-15)27-13-26-19/h8-17,30H,7,18-19H2,1-6H3,(H,32,34);5-11,21H,12-13H2,1-4H3,(H,24,25). The number of sulfonamides is 1. The number of aryl methyl sites for hydroxylation is 4. The largest absolute Gasteiger partial charge is 0.481 e. The number of amides is 1. The minimum absolute atomic E-state index is 0.0911. The van der Waals surface area contributed by atoms with Crippen LogP contribution in [0.4, 0.5) is 0 Å². The normalized spacial score (nSPS) is 14.1. The minimum Gasteiger partial charge on any atom is -0.481 e. The second-order valence-corrected chi connectivity index (χ2v) is 30.4. The number of hydrogen-bond donors (Lipinski definition) is 2. The van der Waals surface area contributed by atoms with Crippen LogP contribution in [0.1, 0.15) is 63.3 Å². The Morgan fingerprint density at radius 1 is 0.657 bits per heavy atom. The van der Waals surface area contributed by atoms with E-state index in [0.29, 0.717) is 64.9 Å². The number of fused-ring (bicyclic) bond motifs is 4. The molecule has 5 aromatic carbocycles. The van der Waals surface area contributed by atoms with Crippen LogP contribution in [0.2, 0.25) is 39.3 Å². The molecule has 2 aromatic heterocycles. The van der Waals surface area contributed by atoms with E-state index in [1.54, 1.807) is 48.5 Å². The van der Waals surface area contributed by atoms with Gasteiger partial charge in [-0.05, 0) is 134 Å². The summed E-state index contributed by atoms with van der Waals surface area (Å²) in [5.74, 6) is -0.950. The van der Waals surface area contributed by atoms with Crippen LogP contribution in [-0.2, 0) is 62.2 Å². The fourth-order valence-electron chi connectivity index (χ4n) is 8.77. The number of nitrogens with zero attached hydrogens (tertiary/aromatic N) is 2. The van der Waals surface area contributed by atoms with E-state index < -0.39 is 50.4 Å². The van der Waals surface area contributed by atoms with E-state index in [-0.39, 0.29) is 18.5 Å². The Morgan fingerprint density at radius 2 is 1.13 bits per heavy atom. The summed E-state index contributed by atoms with van der Waals surface area (Å²) in [6.07, 6.45) is 4.31. The number of benzene rings is 5. The Balaban J connectivity index is 0.000000200. The number of carbonyl (C=O) groups is 2. The Morgan fingerprint density at radius 3 is 1.60 bits per heavy atom. The molecule has 2 atom stereocenters. The highest BCUT2D eigenvalue weighted by atomic mass is 32.2. The third-order valence-electron chi connectivity index (χ3n) is 12.2. The second kappa shape index (κ2) is 19.8. The molecule has 0 radical (unpaired) electrons. The second-order valence-electron chi connectivity index (χ2n) is 19.8. The van der Waals surface area contributed by atoms with Gasteiger partial charge in [-0.1, -0.05) is 61.0 Å². The van der Waals surface area contributed by atoms with Crippen LogP contribution in [0.3, 0.4) is 0 Å². The molecule has 2 aliphatic rings. The first-order valence-electron chi connectivity index (χ1n) is 23.2. The molecule has 17 heteroatoms. The molecule has 0 spiro atoms. The summed E-state index contributed by atoms with van der Waals surface area (Å²) in [6.45, 7) is 18.1. The van der Waals surface area contributed by atoms with E-state index >= 15 is 0 Å². The molecule has 2 unspecified atom stereocenters. The molecule has 0 bridgehead atoms. The van der Waals surface area contributed by atoms with Crippen molar-refractivity contribution in [2.45, 2.75) is 89.5 Å². The zero-order valence-corrected chi connectivity index (χ0v) is 44.2. The molecule has 1 amide bonds. The van der Waals surface area contributed by atoms with Gasteiger partial charge in [0.05, 0.1) is 24.0 Å². The van der Waals surface area contributed by atoms with Crippen LogP contribution < -0.4 is 23.7 Å². The smallest absolute Gasteiger partial charge is 0.315 e. The average Bonchev–Trinajstić information content (AvgIpc) is 4.10. The number of nitrogens with one attached hydrogen (secondary N) is 1. The van der Waals surface area contributed by atoms with Crippen molar-refractivity contribution < 1.29 is 50.9 Å². The molecule has 7 aromatic rings. The number of carboxylic acids is 1. The molecule has 0 fully saturated rings. The summed E-state index contributed by atoms with van der Waals surface area (Å²) < 4.78 is 67.4. The van der Waals surface area contributed by atoms with Crippen LogP contribution in [0.25, 0.3) is 21.8 Å². The van der Waals surface area contributed by atoms with E-state index in [4.69, 9.17) is 27.8 Å². The van der Waals surface area contributed by atoms with Crippen molar-refractivity contribution in [1.29, 1.82) is 0 Å². The van der Waals surface area contributed by atoms with E-state index in [1.165, 1.54) is 0 Å². The summed E-state index contributed by atoms with van der Waals surface area (Å²) in [5, 5.41) is 11.8. The van der Waals surface area contributed by atoms with Crippen molar-refractivity contribution in [3.8, 4) is 23.0 Å². The monoisotopic (exact) mass is 1000 g/mol. The maximum Gasteiger partial charge on any atom is 0.315 e. The Bertz CT molecular complexity index is 3240. The van der Waals surface area contributed by atoms with Gasteiger partial charge in [-0.25, -0.2) is 13.1 Å². The lowest BCUT2D eigenvalue weighted by atomic mass is 9.90. The van der Waals surface area contributed by atoms with Crippen molar-refractivity contribution in [2.24, 2.45) is 14.1 Å². The maximum atomic E-state index is 14.0. The summed E-state index contributed by atoms with van der Waals surface area (Å²) in [6, 6.07) is 27.9. The predicted molar refractivity (Wildman–Crippen MR) is 274 cm³/mol. The molecule has 70 heavy (non-hydrogen) atoms. The highest BCUT2D eigenvalue weighted by Gasteiger charge is 2.33. The molecule has 0 saturated carbocycles. The van der Waals surface area contributed by atoms with Crippen LogP contribution in [0, 0.1) is 6.92 Å². The number of aliphatic carboxylic acids is 1. The van der Waals surface area contributed by atoms with E-state index in [9.17, 15) is 23.1 Å². The lowest BCUT2D eigenvalue weighted by Gasteiger charge is -2.19. The molecule has 14 nitrogen and oxygen atoms in total. The summed E-state index contributed by atoms with van der Waals surface area (Å²) >= 11 is 0. The molecule has 2 aliphatic heterocycles. The molecule has 4 heterocycles. The van der Waals surface area contributed by atoms with Crippen LogP contribution in [0.5, 0.6) is 23.0 Å². The van der Waals surface area contributed by atoms with Crippen molar-refractivity contribution >= 4 is 60.3 Å². The fraction of sp³-hybridized carbons (Fsp3) is 0.321. The van der Waals surface area contributed by atoms with Gasteiger partial charge in [0, 0.05) is 48.3 Å². The minimum atomic E-state index is -4.14. The number of carboxylic acid groups (broad SMARTS) is 1. The number of aromatic nitrogens is 2. The van der Waals surface area contributed by atoms with Gasteiger partial charge in [0.1, 0.15) is 5.92 Å². The van der Waals surface area contributed by atoms with Gasteiger partial charge in [-0.2, -0.15) is 0 Å². The van der Waals surface area contributed by atoms with Crippen molar-refractivity contribution in [3.63, 3.8) is 0 Å². The van der Waals surface area contributed by atoms with Crippen LogP contribution >= 0.6 is 0 Å². The Labute approximate surface area is 411 Å². The zero-order chi connectivity index (χ0) is 50.3. The fourth-order valence-corrected chi connectivity index (χ4v) is 11.3. The van der Waals surface area contributed by atoms with E-state index in [0.717, 1.165) is 44.1 Å². The number of carbonyl (C=O) groups excluding carboxylic acids is 1. The van der Waals surface area contributed by atoms with Crippen LogP contribution in [0.15, 0.2) is 108 Å². The molecule has 9 rings (SSSR count). The van der Waals surface area contributed by atoms with Crippen LogP contribution in [-0.4, -0.2) is 64.8 Å². The highest BCUT2D eigenvalue weighted by Crippen LogP contribution is 2.41. The Kier molecular flexibility index (Phi) is 14.1. The van der Waals surface area contributed by atoms with Crippen molar-refractivity contribution in [3.05, 3.63) is 148 Å². The van der Waals surface area contributed by atoms with Gasteiger partial charge in [0.15, 0.2) is 39.6 Å². The first-order chi connectivity index (χ1) is 33.1. The van der Waals surface area contributed by atoms with Gasteiger partial charge in [-0.3, -0.25) is 9.59 Å². The third-order valence-corrected chi connectivity index (χ3v) is 15.7. The molecule has 0 aliphatic carbocycles. The summed E-state index contributed by atoms with van der Waals surface area (Å²) in [7, 11) is -3.60. The first-order valence-corrected chi connectivity index (χ1v) is 31.5.